The van der Waals surface area contributed by atoms with Crippen LogP contribution in [0.25, 0.3) is 11.0 Å². The van der Waals surface area contributed by atoms with Gasteiger partial charge in [-0.1, -0.05) is 12.1 Å². The van der Waals surface area contributed by atoms with Crippen molar-refractivity contribution in [3.8, 4) is 0 Å². The topological polar surface area (TPSA) is 39.2 Å². The van der Waals surface area contributed by atoms with Gasteiger partial charge in [-0.3, -0.25) is 0 Å². The van der Waals surface area contributed by atoms with Gasteiger partial charge in [-0.15, -0.1) is 0 Å². The second kappa shape index (κ2) is 3.44. The lowest BCUT2D eigenvalue weighted by Crippen LogP contribution is -1.94. The normalized spacial score (nSPS) is 10.9. The van der Waals surface area contributed by atoms with Crippen molar-refractivity contribution in [3.63, 3.8) is 0 Å². The molecule has 3 heteroatoms. The zero-order chi connectivity index (χ0) is 9.26. The summed E-state index contributed by atoms with van der Waals surface area (Å²) in [5.41, 5.74) is 8.64. The van der Waals surface area contributed by atoms with Crippen molar-refractivity contribution in [1.29, 1.82) is 0 Å². The molecule has 1 aromatic heterocycles. The summed E-state index contributed by atoms with van der Waals surface area (Å²) >= 11 is 4.22. The molecule has 1 aromatic carbocycles. The van der Waals surface area contributed by atoms with E-state index >= 15 is 0 Å². The molecule has 2 rings (SSSR count). The lowest BCUT2D eigenvalue weighted by atomic mass is 10.1. The number of furan rings is 1. The summed E-state index contributed by atoms with van der Waals surface area (Å²) in [5, 5.41) is 1.13. The van der Waals surface area contributed by atoms with Gasteiger partial charge in [-0.2, -0.15) is 12.6 Å². The van der Waals surface area contributed by atoms with E-state index in [9.17, 15) is 0 Å². The fourth-order valence-electron chi connectivity index (χ4n) is 1.38. The first kappa shape index (κ1) is 8.66. The largest absolute Gasteiger partial charge is 0.464 e. The van der Waals surface area contributed by atoms with E-state index in [-0.39, 0.29) is 0 Å². The Balaban J connectivity index is 2.61. The van der Waals surface area contributed by atoms with Gasteiger partial charge >= 0.3 is 0 Å². The predicted molar refractivity (Wildman–Crippen MR) is 56.8 cm³/mol. The van der Waals surface area contributed by atoms with Gasteiger partial charge in [0.05, 0.1) is 6.26 Å². The Morgan fingerprint density at radius 3 is 2.92 bits per heavy atom. The summed E-state index contributed by atoms with van der Waals surface area (Å²) in [6.07, 6.45) is 1.75. The molecule has 0 saturated carbocycles. The first-order chi connectivity index (χ1) is 6.35. The molecule has 1 heterocycles. The van der Waals surface area contributed by atoms with Crippen molar-refractivity contribution in [3.05, 3.63) is 35.6 Å². The highest BCUT2D eigenvalue weighted by molar-refractivity contribution is 7.79. The van der Waals surface area contributed by atoms with Crippen LogP contribution < -0.4 is 5.73 Å². The van der Waals surface area contributed by atoms with Crippen LogP contribution in [0.5, 0.6) is 0 Å². The van der Waals surface area contributed by atoms with Gasteiger partial charge in [0.25, 0.3) is 0 Å². The SMILES string of the molecule is NCc1ccc2c(CS)coc2c1. The molecule has 68 valence electrons. The van der Waals surface area contributed by atoms with Gasteiger partial charge in [-0.25, -0.2) is 0 Å². The smallest absolute Gasteiger partial charge is 0.134 e. The zero-order valence-corrected chi connectivity index (χ0v) is 8.05. The summed E-state index contributed by atoms with van der Waals surface area (Å²) in [4.78, 5) is 0. The maximum absolute atomic E-state index is 5.52. The number of benzene rings is 1. The number of hydrogen-bond acceptors (Lipinski definition) is 3. The van der Waals surface area contributed by atoms with E-state index < -0.39 is 0 Å². The molecule has 2 nitrogen and oxygen atoms in total. The molecule has 0 aliphatic heterocycles. The highest BCUT2D eigenvalue weighted by Gasteiger charge is 2.03. The zero-order valence-electron chi connectivity index (χ0n) is 7.16. The van der Waals surface area contributed by atoms with Crippen LogP contribution in [0.2, 0.25) is 0 Å². The van der Waals surface area contributed by atoms with Crippen LogP contribution in [0.3, 0.4) is 0 Å². The van der Waals surface area contributed by atoms with E-state index in [2.05, 4.69) is 12.6 Å². The van der Waals surface area contributed by atoms with Gasteiger partial charge in [0.15, 0.2) is 0 Å². The fraction of sp³-hybridized carbons (Fsp3) is 0.200. The molecule has 0 unspecified atom stereocenters. The van der Waals surface area contributed by atoms with Gasteiger partial charge in [0, 0.05) is 23.2 Å². The highest BCUT2D eigenvalue weighted by Crippen LogP contribution is 2.23. The summed E-state index contributed by atoms with van der Waals surface area (Å²) in [6.45, 7) is 0.548. The molecule has 2 N–H and O–H groups in total. The number of thiol groups is 1. The Labute approximate surface area is 82.1 Å². The maximum Gasteiger partial charge on any atom is 0.134 e. The summed E-state index contributed by atoms with van der Waals surface area (Å²) in [6, 6.07) is 6.03. The minimum Gasteiger partial charge on any atom is -0.464 e. The molecule has 0 aliphatic rings. The number of fused-ring (bicyclic) bond motifs is 1. The lowest BCUT2D eigenvalue weighted by Gasteiger charge is -1.95. The van der Waals surface area contributed by atoms with Crippen LogP contribution in [0.1, 0.15) is 11.1 Å². The van der Waals surface area contributed by atoms with Crippen LogP contribution >= 0.6 is 12.6 Å². The van der Waals surface area contributed by atoms with Gasteiger partial charge in [0.2, 0.25) is 0 Å². The van der Waals surface area contributed by atoms with Crippen LogP contribution in [-0.2, 0) is 12.3 Å². The molecule has 0 atom stereocenters. The Bertz CT molecular complexity index is 422. The molecule has 13 heavy (non-hydrogen) atoms. The molecule has 0 radical (unpaired) electrons. The summed E-state index contributed by atoms with van der Waals surface area (Å²) < 4.78 is 5.38. The molecule has 2 aromatic rings. The molecular weight excluding hydrogens is 182 g/mol. The highest BCUT2D eigenvalue weighted by atomic mass is 32.1. The van der Waals surface area contributed by atoms with Crippen LogP contribution in [0, 0.1) is 0 Å². The molecule has 0 fully saturated rings. The van der Waals surface area contributed by atoms with Crippen LogP contribution in [0.4, 0.5) is 0 Å². The van der Waals surface area contributed by atoms with E-state index in [0.29, 0.717) is 12.3 Å². The van der Waals surface area contributed by atoms with Crippen LogP contribution in [-0.4, -0.2) is 0 Å². The molecular formula is C10H11NOS. The molecule has 0 bridgehead atoms. The summed E-state index contributed by atoms with van der Waals surface area (Å²) in [7, 11) is 0. The van der Waals surface area contributed by atoms with Crippen molar-refractivity contribution in [2.45, 2.75) is 12.3 Å². The fourth-order valence-corrected chi connectivity index (χ4v) is 1.62. The molecule has 0 aliphatic carbocycles. The Kier molecular flexibility index (Phi) is 2.29. The van der Waals surface area contributed by atoms with Crippen molar-refractivity contribution in [2.75, 3.05) is 0 Å². The maximum atomic E-state index is 5.52. The summed E-state index contributed by atoms with van der Waals surface area (Å²) in [5.74, 6) is 0.703. The van der Waals surface area contributed by atoms with E-state index in [4.69, 9.17) is 10.2 Å². The third-order valence-corrected chi connectivity index (χ3v) is 2.47. The van der Waals surface area contributed by atoms with Crippen LogP contribution in [0.15, 0.2) is 28.9 Å². The van der Waals surface area contributed by atoms with E-state index in [1.807, 2.05) is 18.2 Å². The second-order valence-corrected chi connectivity index (χ2v) is 3.27. The Morgan fingerprint density at radius 1 is 1.38 bits per heavy atom. The predicted octanol–water partition coefficient (Wildman–Crippen LogP) is 2.32. The van der Waals surface area contributed by atoms with Crippen molar-refractivity contribution in [2.24, 2.45) is 5.73 Å². The number of hydrogen-bond donors (Lipinski definition) is 2. The van der Waals surface area contributed by atoms with Crippen molar-refractivity contribution < 1.29 is 4.42 Å². The number of rotatable bonds is 2. The lowest BCUT2D eigenvalue weighted by molar-refractivity contribution is 0.612. The minimum absolute atomic E-state index is 0.548. The molecule has 0 saturated heterocycles. The van der Waals surface area contributed by atoms with E-state index in [0.717, 1.165) is 22.1 Å². The standard InChI is InChI=1S/C10H11NOS/c11-4-7-1-2-9-8(6-13)5-12-10(9)3-7/h1-3,5,13H,4,6,11H2. The van der Waals surface area contributed by atoms with E-state index in [1.165, 1.54) is 0 Å². The average molecular weight is 193 g/mol. The Morgan fingerprint density at radius 2 is 2.23 bits per heavy atom. The van der Waals surface area contributed by atoms with Crippen molar-refractivity contribution in [1.82, 2.24) is 0 Å². The van der Waals surface area contributed by atoms with Gasteiger partial charge in [-0.05, 0) is 11.6 Å². The minimum atomic E-state index is 0.548. The molecule has 0 amide bonds. The van der Waals surface area contributed by atoms with Crippen molar-refractivity contribution >= 4 is 23.6 Å². The first-order valence-corrected chi connectivity index (χ1v) is 4.78. The van der Waals surface area contributed by atoms with Gasteiger partial charge < -0.3 is 10.2 Å². The van der Waals surface area contributed by atoms with Gasteiger partial charge in [0.1, 0.15) is 5.58 Å². The second-order valence-electron chi connectivity index (χ2n) is 2.95. The third kappa shape index (κ3) is 1.45. The first-order valence-electron chi connectivity index (χ1n) is 4.15. The quantitative estimate of drug-likeness (QED) is 0.718. The third-order valence-electron chi connectivity index (χ3n) is 2.13. The monoisotopic (exact) mass is 193 g/mol. The van der Waals surface area contributed by atoms with E-state index in [1.54, 1.807) is 6.26 Å². The number of nitrogens with two attached hydrogens (primary N) is 1. The Hall–Kier alpha value is -0.930. The average Bonchev–Trinajstić information content (AvgIpc) is 2.59. The molecule has 0 spiro atoms.